The predicted molar refractivity (Wildman–Crippen MR) is 83.7 cm³/mol. The molecule has 0 aliphatic carbocycles. The van der Waals surface area contributed by atoms with Crippen LogP contribution in [0.25, 0.3) is 0 Å². The number of rotatable bonds is 9. The van der Waals surface area contributed by atoms with Crippen molar-refractivity contribution in [3.8, 4) is 0 Å². The Morgan fingerprint density at radius 2 is 1.96 bits per heavy atom. The van der Waals surface area contributed by atoms with Gasteiger partial charge in [0.05, 0.1) is 19.0 Å². The number of nitrogens with one attached hydrogen (secondary N) is 3. The Morgan fingerprint density at radius 1 is 1.29 bits per heavy atom. The highest BCUT2D eigenvalue weighted by atomic mass is 16.4. The number of H-pyrrole nitrogens is 1. The minimum atomic E-state index is -1.29. The van der Waals surface area contributed by atoms with Crippen molar-refractivity contribution >= 4 is 17.8 Å². The fourth-order valence-corrected chi connectivity index (χ4v) is 1.97. The second kappa shape index (κ2) is 8.99. The fraction of sp³-hybridized carbons (Fsp3) is 0.571. The zero-order chi connectivity index (χ0) is 18.3. The van der Waals surface area contributed by atoms with E-state index in [0.29, 0.717) is 5.69 Å². The van der Waals surface area contributed by atoms with Crippen LogP contribution in [0.5, 0.6) is 0 Å². The first-order chi connectivity index (χ1) is 11.3. The second-order valence-corrected chi connectivity index (χ2v) is 5.70. The van der Waals surface area contributed by atoms with Crippen molar-refractivity contribution in [2.45, 2.75) is 38.4 Å². The van der Waals surface area contributed by atoms with Gasteiger partial charge in [-0.15, -0.1) is 0 Å². The Bertz CT molecular complexity index is 560. The molecular formula is C14H23N5O5. The highest BCUT2D eigenvalue weighted by Gasteiger charge is 2.29. The Morgan fingerprint density at radius 3 is 2.42 bits per heavy atom. The summed E-state index contributed by atoms with van der Waals surface area (Å²) in [6.07, 6.45) is 3.14. The van der Waals surface area contributed by atoms with Crippen LogP contribution < -0.4 is 16.4 Å². The molecule has 1 heterocycles. The molecule has 0 aliphatic heterocycles. The van der Waals surface area contributed by atoms with Gasteiger partial charge in [0.25, 0.3) is 0 Å². The van der Waals surface area contributed by atoms with Crippen LogP contribution in [0.2, 0.25) is 0 Å². The number of carbonyl (C=O) groups excluding carboxylic acids is 2. The third kappa shape index (κ3) is 5.63. The summed E-state index contributed by atoms with van der Waals surface area (Å²) >= 11 is 0. The molecule has 0 bridgehead atoms. The number of nitrogens with zero attached hydrogens (tertiary/aromatic N) is 1. The molecule has 134 valence electrons. The van der Waals surface area contributed by atoms with Gasteiger partial charge in [-0.2, -0.15) is 0 Å². The number of aliphatic hydroxyl groups excluding tert-OH is 1. The minimum Gasteiger partial charge on any atom is -0.480 e. The van der Waals surface area contributed by atoms with Crippen LogP contribution in [0.15, 0.2) is 12.5 Å². The van der Waals surface area contributed by atoms with Crippen LogP contribution in [0, 0.1) is 5.92 Å². The highest BCUT2D eigenvalue weighted by molar-refractivity contribution is 5.91. The van der Waals surface area contributed by atoms with E-state index in [1.54, 1.807) is 13.8 Å². The van der Waals surface area contributed by atoms with Crippen LogP contribution in [0.4, 0.5) is 0 Å². The largest absolute Gasteiger partial charge is 0.480 e. The molecule has 0 saturated carbocycles. The zero-order valence-corrected chi connectivity index (χ0v) is 13.5. The van der Waals surface area contributed by atoms with Gasteiger partial charge in [-0.1, -0.05) is 13.8 Å². The third-order valence-electron chi connectivity index (χ3n) is 3.38. The summed E-state index contributed by atoms with van der Waals surface area (Å²) in [6, 6.07) is -3.36. The van der Waals surface area contributed by atoms with Crippen molar-refractivity contribution in [3.05, 3.63) is 18.2 Å². The fourth-order valence-electron chi connectivity index (χ4n) is 1.97. The molecule has 3 unspecified atom stereocenters. The highest BCUT2D eigenvalue weighted by Crippen LogP contribution is 2.03. The van der Waals surface area contributed by atoms with Gasteiger partial charge in [0.15, 0.2) is 0 Å². The van der Waals surface area contributed by atoms with Crippen LogP contribution in [-0.2, 0) is 20.8 Å². The average Bonchev–Trinajstić information content (AvgIpc) is 3.01. The van der Waals surface area contributed by atoms with Crippen LogP contribution >= 0.6 is 0 Å². The summed E-state index contributed by atoms with van der Waals surface area (Å²) in [4.78, 5) is 41.8. The summed E-state index contributed by atoms with van der Waals surface area (Å²) in [5.74, 6) is -2.99. The SMILES string of the molecule is CC(C)C(NC(=O)C(CO)NC(=O)C(N)Cc1cnc[nH]1)C(=O)O. The minimum absolute atomic E-state index is 0.176. The summed E-state index contributed by atoms with van der Waals surface area (Å²) < 4.78 is 0. The maximum Gasteiger partial charge on any atom is 0.326 e. The smallest absolute Gasteiger partial charge is 0.326 e. The van der Waals surface area contributed by atoms with Crippen molar-refractivity contribution in [1.82, 2.24) is 20.6 Å². The Balaban J connectivity index is 2.63. The van der Waals surface area contributed by atoms with E-state index >= 15 is 0 Å². The summed E-state index contributed by atoms with van der Waals surface area (Å²) in [6.45, 7) is 2.58. The molecule has 10 heteroatoms. The summed E-state index contributed by atoms with van der Waals surface area (Å²) in [7, 11) is 0. The van der Waals surface area contributed by atoms with Gasteiger partial charge in [0.2, 0.25) is 11.8 Å². The first kappa shape index (κ1) is 19.6. The molecule has 2 amide bonds. The van der Waals surface area contributed by atoms with E-state index < -0.39 is 42.5 Å². The van der Waals surface area contributed by atoms with Crippen molar-refractivity contribution in [1.29, 1.82) is 0 Å². The molecule has 0 fully saturated rings. The second-order valence-electron chi connectivity index (χ2n) is 5.70. The molecule has 10 nitrogen and oxygen atoms in total. The molecule has 24 heavy (non-hydrogen) atoms. The van der Waals surface area contributed by atoms with E-state index in [1.807, 2.05) is 0 Å². The lowest BCUT2D eigenvalue weighted by Crippen LogP contribution is -2.57. The standard InChI is InChI=1S/C14H23N5O5/c1-7(2)11(14(23)24)19-13(22)10(5-20)18-12(21)9(15)3-8-4-16-6-17-8/h4,6-7,9-11,20H,3,5,15H2,1-2H3,(H,16,17)(H,18,21)(H,19,22)(H,23,24). The maximum atomic E-state index is 12.1. The number of aromatic amines is 1. The number of aromatic nitrogens is 2. The molecule has 0 spiro atoms. The number of carboxylic acid groups (broad SMARTS) is 1. The molecule has 1 aromatic heterocycles. The maximum absolute atomic E-state index is 12.1. The third-order valence-corrected chi connectivity index (χ3v) is 3.38. The molecule has 1 aromatic rings. The van der Waals surface area contributed by atoms with Gasteiger partial charge in [-0.3, -0.25) is 9.59 Å². The molecule has 7 N–H and O–H groups in total. The lowest BCUT2D eigenvalue weighted by molar-refractivity contribution is -0.143. The number of carbonyl (C=O) groups is 3. The number of nitrogens with two attached hydrogens (primary N) is 1. The van der Waals surface area contributed by atoms with Gasteiger partial charge in [0, 0.05) is 18.3 Å². The van der Waals surface area contributed by atoms with Gasteiger partial charge >= 0.3 is 5.97 Å². The van der Waals surface area contributed by atoms with Crippen LogP contribution in [-0.4, -0.2) is 62.7 Å². The first-order valence-corrected chi connectivity index (χ1v) is 7.43. The van der Waals surface area contributed by atoms with E-state index in [2.05, 4.69) is 20.6 Å². The molecule has 0 aromatic carbocycles. The van der Waals surface area contributed by atoms with E-state index in [4.69, 9.17) is 10.8 Å². The van der Waals surface area contributed by atoms with Crippen molar-refractivity contribution in [3.63, 3.8) is 0 Å². The molecule has 0 saturated heterocycles. The van der Waals surface area contributed by atoms with Gasteiger partial charge < -0.3 is 31.6 Å². The van der Waals surface area contributed by atoms with Crippen molar-refractivity contribution in [2.24, 2.45) is 11.7 Å². The molecular weight excluding hydrogens is 318 g/mol. The molecule has 0 aliphatic rings. The van der Waals surface area contributed by atoms with Crippen LogP contribution in [0.3, 0.4) is 0 Å². The predicted octanol–water partition coefficient (Wildman–Crippen LogP) is -2.02. The molecule has 3 atom stereocenters. The van der Waals surface area contributed by atoms with Gasteiger partial charge in [-0.05, 0) is 5.92 Å². The van der Waals surface area contributed by atoms with E-state index in [9.17, 15) is 19.5 Å². The monoisotopic (exact) mass is 341 g/mol. The van der Waals surface area contributed by atoms with Crippen molar-refractivity contribution in [2.75, 3.05) is 6.61 Å². The normalized spacial score (nSPS) is 14.7. The summed E-state index contributed by atoms with van der Waals surface area (Å²) in [5.41, 5.74) is 6.39. The van der Waals surface area contributed by atoms with Gasteiger partial charge in [0.1, 0.15) is 12.1 Å². The van der Waals surface area contributed by atoms with E-state index in [1.165, 1.54) is 12.5 Å². The number of amides is 2. The number of aliphatic hydroxyl groups is 1. The number of carboxylic acids is 1. The average molecular weight is 341 g/mol. The lowest BCUT2D eigenvalue weighted by Gasteiger charge is -2.23. The van der Waals surface area contributed by atoms with E-state index in [0.717, 1.165) is 0 Å². The quantitative estimate of drug-likeness (QED) is 0.301. The number of imidazole rings is 1. The summed E-state index contributed by atoms with van der Waals surface area (Å²) in [5, 5.41) is 23.0. The zero-order valence-electron chi connectivity index (χ0n) is 13.5. The van der Waals surface area contributed by atoms with E-state index in [-0.39, 0.29) is 12.3 Å². The first-order valence-electron chi connectivity index (χ1n) is 7.43. The Labute approximate surface area is 138 Å². The molecule has 1 rings (SSSR count). The Hall–Kier alpha value is -2.46. The lowest BCUT2D eigenvalue weighted by atomic mass is 10.0. The molecule has 0 radical (unpaired) electrons. The van der Waals surface area contributed by atoms with Crippen molar-refractivity contribution < 1.29 is 24.6 Å². The number of aliphatic carboxylic acids is 1. The number of hydrogen-bond donors (Lipinski definition) is 6. The number of hydrogen-bond acceptors (Lipinski definition) is 6. The Kier molecular flexibility index (Phi) is 7.33. The topological polar surface area (TPSA) is 170 Å². The van der Waals surface area contributed by atoms with Crippen LogP contribution in [0.1, 0.15) is 19.5 Å². The van der Waals surface area contributed by atoms with Gasteiger partial charge in [-0.25, -0.2) is 9.78 Å².